The molecule has 1 N–H and O–H groups in total. The van der Waals surface area contributed by atoms with E-state index in [9.17, 15) is 0 Å². The van der Waals surface area contributed by atoms with Gasteiger partial charge < -0.3 is 19.5 Å². The highest BCUT2D eigenvalue weighted by Crippen LogP contribution is 2.39. The van der Waals surface area contributed by atoms with E-state index in [-0.39, 0.29) is 0 Å². The fraction of sp³-hybridized carbons (Fsp3) is 0.625. The van der Waals surface area contributed by atoms with Crippen LogP contribution >= 0.6 is 0 Å². The van der Waals surface area contributed by atoms with Crippen molar-refractivity contribution in [2.45, 2.75) is 51.7 Å². The SMILES string of the molecule is CCNCc1cc2c(cc1OC1CCCCC1)OCO2. The van der Waals surface area contributed by atoms with Crippen LogP contribution in [0.1, 0.15) is 44.6 Å². The van der Waals surface area contributed by atoms with E-state index in [1.807, 2.05) is 12.1 Å². The van der Waals surface area contributed by atoms with Crippen LogP contribution in [0.5, 0.6) is 17.2 Å². The van der Waals surface area contributed by atoms with Crippen molar-refractivity contribution in [3.8, 4) is 17.2 Å². The Hall–Kier alpha value is -1.42. The number of ether oxygens (including phenoxy) is 3. The predicted octanol–water partition coefficient (Wildman–Crippen LogP) is 3.24. The molecule has 0 saturated heterocycles. The summed E-state index contributed by atoms with van der Waals surface area (Å²) in [7, 11) is 0. The van der Waals surface area contributed by atoms with Crippen LogP contribution in [0.2, 0.25) is 0 Å². The van der Waals surface area contributed by atoms with Gasteiger partial charge in [-0.3, -0.25) is 0 Å². The van der Waals surface area contributed by atoms with E-state index in [0.717, 1.165) is 48.7 Å². The van der Waals surface area contributed by atoms with Crippen LogP contribution in [0.15, 0.2) is 12.1 Å². The molecule has 4 nitrogen and oxygen atoms in total. The Balaban J connectivity index is 1.78. The Morgan fingerprint density at radius 2 is 1.90 bits per heavy atom. The molecule has 1 aromatic rings. The van der Waals surface area contributed by atoms with Crippen molar-refractivity contribution in [2.24, 2.45) is 0 Å². The van der Waals surface area contributed by atoms with Crippen molar-refractivity contribution in [1.82, 2.24) is 5.32 Å². The van der Waals surface area contributed by atoms with Gasteiger partial charge in [0.15, 0.2) is 11.5 Å². The van der Waals surface area contributed by atoms with Gasteiger partial charge in [0.05, 0.1) is 6.10 Å². The molecule has 1 saturated carbocycles. The van der Waals surface area contributed by atoms with Crippen molar-refractivity contribution in [1.29, 1.82) is 0 Å². The molecule has 0 aromatic heterocycles. The van der Waals surface area contributed by atoms with Gasteiger partial charge in [0.25, 0.3) is 0 Å². The number of rotatable bonds is 5. The maximum absolute atomic E-state index is 6.23. The molecule has 0 atom stereocenters. The van der Waals surface area contributed by atoms with Crippen LogP contribution in [0.3, 0.4) is 0 Å². The highest BCUT2D eigenvalue weighted by molar-refractivity contribution is 5.51. The summed E-state index contributed by atoms with van der Waals surface area (Å²) >= 11 is 0. The molecule has 1 heterocycles. The molecule has 4 heteroatoms. The van der Waals surface area contributed by atoms with Gasteiger partial charge in [-0.15, -0.1) is 0 Å². The molecule has 0 amide bonds. The first kappa shape index (κ1) is 13.6. The smallest absolute Gasteiger partial charge is 0.231 e. The third-order valence-electron chi connectivity index (χ3n) is 3.97. The second-order valence-electron chi connectivity index (χ2n) is 5.47. The van der Waals surface area contributed by atoms with E-state index in [4.69, 9.17) is 14.2 Å². The molecule has 1 fully saturated rings. The molecule has 1 aliphatic heterocycles. The molecule has 20 heavy (non-hydrogen) atoms. The van der Waals surface area contributed by atoms with Crippen LogP contribution in [-0.4, -0.2) is 19.4 Å². The van der Waals surface area contributed by atoms with Gasteiger partial charge in [0, 0.05) is 18.2 Å². The number of benzene rings is 1. The maximum Gasteiger partial charge on any atom is 0.231 e. The average molecular weight is 277 g/mol. The molecule has 0 bridgehead atoms. The van der Waals surface area contributed by atoms with Crippen LogP contribution in [0, 0.1) is 0 Å². The highest BCUT2D eigenvalue weighted by atomic mass is 16.7. The van der Waals surface area contributed by atoms with Gasteiger partial charge >= 0.3 is 0 Å². The van der Waals surface area contributed by atoms with Crippen LogP contribution in [-0.2, 0) is 6.54 Å². The van der Waals surface area contributed by atoms with Gasteiger partial charge in [0.1, 0.15) is 5.75 Å². The minimum atomic E-state index is 0.308. The summed E-state index contributed by atoms with van der Waals surface area (Å²) in [6.45, 7) is 4.16. The first-order valence-electron chi connectivity index (χ1n) is 7.66. The molecule has 0 spiro atoms. The Morgan fingerprint density at radius 3 is 2.65 bits per heavy atom. The molecular weight excluding hydrogens is 254 g/mol. The lowest BCUT2D eigenvalue weighted by atomic mass is 9.97. The summed E-state index contributed by atoms with van der Waals surface area (Å²) in [5.74, 6) is 2.58. The van der Waals surface area contributed by atoms with Crippen molar-refractivity contribution in [3.05, 3.63) is 17.7 Å². The largest absolute Gasteiger partial charge is 0.490 e. The summed E-state index contributed by atoms with van der Waals surface area (Å²) in [6, 6.07) is 4.03. The van der Waals surface area contributed by atoms with Crippen LogP contribution < -0.4 is 19.5 Å². The number of hydrogen-bond donors (Lipinski definition) is 1. The fourth-order valence-corrected chi connectivity index (χ4v) is 2.84. The van der Waals surface area contributed by atoms with E-state index in [0.29, 0.717) is 12.9 Å². The first-order chi connectivity index (χ1) is 9.86. The zero-order chi connectivity index (χ0) is 13.8. The lowest BCUT2D eigenvalue weighted by molar-refractivity contribution is 0.152. The molecule has 3 rings (SSSR count). The lowest BCUT2D eigenvalue weighted by Crippen LogP contribution is -2.21. The van der Waals surface area contributed by atoms with Crippen LogP contribution in [0.25, 0.3) is 0 Å². The third-order valence-corrected chi connectivity index (χ3v) is 3.97. The van der Waals surface area contributed by atoms with Crippen molar-refractivity contribution in [2.75, 3.05) is 13.3 Å². The van der Waals surface area contributed by atoms with Gasteiger partial charge in [-0.25, -0.2) is 0 Å². The molecule has 0 unspecified atom stereocenters. The lowest BCUT2D eigenvalue weighted by Gasteiger charge is -2.24. The minimum Gasteiger partial charge on any atom is -0.490 e. The van der Waals surface area contributed by atoms with E-state index in [1.54, 1.807) is 0 Å². The monoisotopic (exact) mass is 277 g/mol. The Kier molecular flexibility index (Phi) is 4.31. The molecule has 110 valence electrons. The summed E-state index contributed by atoms with van der Waals surface area (Å²) in [6.07, 6.45) is 6.56. The summed E-state index contributed by atoms with van der Waals surface area (Å²) in [5.41, 5.74) is 1.15. The Bertz CT molecular complexity index is 455. The predicted molar refractivity (Wildman–Crippen MR) is 77.4 cm³/mol. The summed E-state index contributed by atoms with van der Waals surface area (Å²) < 4.78 is 17.2. The fourth-order valence-electron chi connectivity index (χ4n) is 2.84. The zero-order valence-electron chi connectivity index (χ0n) is 12.1. The van der Waals surface area contributed by atoms with Crippen LogP contribution in [0.4, 0.5) is 0 Å². The molecule has 2 aliphatic rings. The molecular formula is C16H23NO3. The molecule has 1 aromatic carbocycles. The highest BCUT2D eigenvalue weighted by Gasteiger charge is 2.21. The average Bonchev–Trinajstić information content (AvgIpc) is 2.93. The normalized spacial score (nSPS) is 18.2. The van der Waals surface area contributed by atoms with Crippen molar-refractivity contribution >= 4 is 0 Å². The summed E-state index contributed by atoms with van der Waals surface area (Å²) in [4.78, 5) is 0. The Labute approximate surface area is 120 Å². The number of hydrogen-bond acceptors (Lipinski definition) is 4. The number of fused-ring (bicyclic) bond motifs is 1. The van der Waals surface area contributed by atoms with Gasteiger partial charge in [-0.2, -0.15) is 0 Å². The van der Waals surface area contributed by atoms with E-state index < -0.39 is 0 Å². The van der Waals surface area contributed by atoms with E-state index in [1.165, 1.54) is 19.3 Å². The van der Waals surface area contributed by atoms with E-state index in [2.05, 4.69) is 12.2 Å². The van der Waals surface area contributed by atoms with Gasteiger partial charge in [-0.05, 0) is 38.3 Å². The van der Waals surface area contributed by atoms with Crippen molar-refractivity contribution in [3.63, 3.8) is 0 Å². The summed E-state index contributed by atoms with van der Waals surface area (Å²) in [5, 5.41) is 3.36. The third kappa shape index (κ3) is 3.01. The number of nitrogens with one attached hydrogen (secondary N) is 1. The van der Waals surface area contributed by atoms with Crippen molar-refractivity contribution < 1.29 is 14.2 Å². The first-order valence-corrected chi connectivity index (χ1v) is 7.66. The quantitative estimate of drug-likeness (QED) is 0.897. The van der Waals surface area contributed by atoms with E-state index >= 15 is 0 Å². The molecule has 1 aliphatic carbocycles. The molecule has 0 radical (unpaired) electrons. The zero-order valence-corrected chi connectivity index (χ0v) is 12.1. The maximum atomic E-state index is 6.23. The second kappa shape index (κ2) is 6.35. The van der Waals surface area contributed by atoms with Gasteiger partial charge in [0.2, 0.25) is 6.79 Å². The van der Waals surface area contributed by atoms with Gasteiger partial charge in [-0.1, -0.05) is 13.3 Å². The topological polar surface area (TPSA) is 39.7 Å². The Morgan fingerprint density at radius 1 is 1.15 bits per heavy atom. The standard InChI is InChI=1S/C16H23NO3/c1-2-17-10-12-8-15-16(19-11-18-15)9-14(12)20-13-6-4-3-5-7-13/h8-9,13,17H,2-7,10-11H2,1H3. The minimum absolute atomic E-state index is 0.308. The second-order valence-corrected chi connectivity index (χ2v) is 5.47.